The number of esters is 1. The van der Waals surface area contributed by atoms with Gasteiger partial charge in [-0.05, 0) is 43.5 Å². The molecule has 4 heteroatoms. The summed E-state index contributed by atoms with van der Waals surface area (Å²) in [5.41, 5.74) is 1.57. The monoisotopic (exact) mass is 263 g/mol. The number of hydrogen-bond acceptors (Lipinski definition) is 4. The molecule has 0 heterocycles. The molecule has 0 saturated heterocycles. The van der Waals surface area contributed by atoms with Gasteiger partial charge in [-0.1, -0.05) is 6.42 Å². The van der Waals surface area contributed by atoms with Crippen LogP contribution in [0.4, 0.5) is 5.69 Å². The quantitative estimate of drug-likeness (QED) is 0.849. The molecular formula is C15H21NO3. The Bertz CT molecular complexity index is 428. The number of benzene rings is 1. The van der Waals surface area contributed by atoms with E-state index in [4.69, 9.17) is 4.74 Å². The fourth-order valence-corrected chi connectivity index (χ4v) is 2.32. The summed E-state index contributed by atoms with van der Waals surface area (Å²) in [5.74, 6) is -0.351. The molecule has 1 N–H and O–H groups in total. The molecule has 0 aliphatic heterocycles. The zero-order valence-corrected chi connectivity index (χ0v) is 11.5. The van der Waals surface area contributed by atoms with Gasteiger partial charge in [-0.25, -0.2) is 4.79 Å². The van der Waals surface area contributed by atoms with E-state index in [0.29, 0.717) is 5.56 Å². The predicted molar refractivity (Wildman–Crippen MR) is 74.4 cm³/mol. The maximum absolute atomic E-state index is 12.0. The summed E-state index contributed by atoms with van der Waals surface area (Å²) in [6.07, 6.45) is 2.62. The van der Waals surface area contributed by atoms with Gasteiger partial charge in [-0.2, -0.15) is 0 Å². The molecule has 2 rings (SSSR count). The molecule has 2 atom stereocenters. The van der Waals surface area contributed by atoms with Gasteiger partial charge in [0, 0.05) is 19.8 Å². The van der Waals surface area contributed by atoms with Crippen LogP contribution in [0.3, 0.4) is 0 Å². The van der Waals surface area contributed by atoms with Gasteiger partial charge < -0.3 is 14.7 Å². The van der Waals surface area contributed by atoms with Crippen LogP contribution in [-0.4, -0.2) is 37.4 Å². The molecule has 104 valence electrons. The number of nitrogens with zero attached hydrogens (tertiary/aromatic N) is 1. The number of carbonyl (C=O) groups excluding carboxylic acids is 1. The SMILES string of the molecule is CN(C)c1ccc(C(=O)OC2CCCCC2O)cc1. The minimum atomic E-state index is -0.515. The Morgan fingerprint density at radius 2 is 1.84 bits per heavy atom. The van der Waals surface area contributed by atoms with Crippen LogP contribution in [0.25, 0.3) is 0 Å². The lowest BCUT2D eigenvalue weighted by atomic mass is 9.95. The Hall–Kier alpha value is -1.55. The topological polar surface area (TPSA) is 49.8 Å². The number of rotatable bonds is 3. The average Bonchev–Trinajstić information content (AvgIpc) is 2.41. The van der Waals surface area contributed by atoms with Gasteiger partial charge in [0.15, 0.2) is 0 Å². The third kappa shape index (κ3) is 3.47. The van der Waals surface area contributed by atoms with Crippen LogP contribution >= 0.6 is 0 Å². The van der Waals surface area contributed by atoms with E-state index in [2.05, 4.69) is 0 Å². The Morgan fingerprint density at radius 1 is 1.21 bits per heavy atom. The minimum absolute atomic E-state index is 0.351. The van der Waals surface area contributed by atoms with Gasteiger partial charge in [0.2, 0.25) is 0 Å². The normalized spacial score (nSPS) is 22.9. The maximum atomic E-state index is 12.0. The summed E-state index contributed by atoms with van der Waals surface area (Å²) in [4.78, 5) is 14.0. The molecule has 1 saturated carbocycles. The molecule has 2 unspecified atom stereocenters. The molecule has 1 aromatic carbocycles. The third-order valence-electron chi connectivity index (χ3n) is 3.55. The first kappa shape index (κ1) is 13.9. The second-order valence-corrected chi connectivity index (χ2v) is 5.24. The highest BCUT2D eigenvalue weighted by atomic mass is 16.6. The maximum Gasteiger partial charge on any atom is 0.338 e. The predicted octanol–water partition coefficient (Wildman–Crippen LogP) is 2.21. The molecule has 4 nitrogen and oxygen atoms in total. The molecule has 1 aliphatic rings. The average molecular weight is 263 g/mol. The minimum Gasteiger partial charge on any atom is -0.456 e. The van der Waals surface area contributed by atoms with Crippen LogP contribution in [0.5, 0.6) is 0 Å². The Kier molecular flexibility index (Phi) is 4.43. The Morgan fingerprint density at radius 3 is 2.42 bits per heavy atom. The molecule has 1 aliphatic carbocycles. The van der Waals surface area contributed by atoms with Crippen molar-refractivity contribution in [3.05, 3.63) is 29.8 Å². The molecule has 0 radical (unpaired) electrons. The van der Waals surface area contributed by atoms with Crippen molar-refractivity contribution in [3.63, 3.8) is 0 Å². The van der Waals surface area contributed by atoms with Crippen LogP contribution in [0.2, 0.25) is 0 Å². The number of aliphatic hydroxyl groups is 1. The molecule has 1 aromatic rings. The molecule has 1 fully saturated rings. The lowest BCUT2D eigenvalue weighted by molar-refractivity contribution is -0.0360. The van der Waals surface area contributed by atoms with Crippen LogP contribution in [0, 0.1) is 0 Å². The van der Waals surface area contributed by atoms with Crippen molar-refractivity contribution >= 4 is 11.7 Å². The van der Waals surface area contributed by atoms with Crippen molar-refractivity contribution in [2.75, 3.05) is 19.0 Å². The summed E-state index contributed by atoms with van der Waals surface area (Å²) in [6.45, 7) is 0. The number of ether oxygens (including phenoxy) is 1. The van der Waals surface area contributed by atoms with Crippen molar-refractivity contribution in [2.45, 2.75) is 37.9 Å². The van der Waals surface area contributed by atoms with Crippen molar-refractivity contribution in [3.8, 4) is 0 Å². The van der Waals surface area contributed by atoms with Gasteiger partial charge >= 0.3 is 5.97 Å². The van der Waals surface area contributed by atoms with Crippen molar-refractivity contribution in [2.24, 2.45) is 0 Å². The molecule has 0 amide bonds. The Balaban J connectivity index is 1.99. The summed E-state index contributed by atoms with van der Waals surface area (Å²) < 4.78 is 5.39. The second kappa shape index (κ2) is 6.06. The van der Waals surface area contributed by atoms with Crippen molar-refractivity contribution in [1.82, 2.24) is 0 Å². The zero-order chi connectivity index (χ0) is 13.8. The standard InChI is InChI=1S/C15H21NO3/c1-16(2)12-9-7-11(8-10-12)15(18)19-14-6-4-3-5-13(14)17/h7-10,13-14,17H,3-6H2,1-2H3. The smallest absolute Gasteiger partial charge is 0.338 e. The van der Waals surface area contributed by atoms with Gasteiger partial charge in [-0.3, -0.25) is 0 Å². The number of carbonyl (C=O) groups is 1. The van der Waals surface area contributed by atoms with Crippen molar-refractivity contribution < 1.29 is 14.6 Å². The van der Waals surface area contributed by atoms with Crippen LogP contribution in [0.15, 0.2) is 24.3 Å². The van der Waals surface area contributed by atoms with Crippen LogP contribution < -0.4 is 4.90 Å². The molecule has 19 heavy (non-hydrogen) atoms. The fourth-order valence-electron chi connectivity index (χ4n) is 2.32. The number of hydrogen-bond donors (Lipinski definition) is 1. The van der Waals surface area contributed by atoms with Gasteiger partial charge in [0.1, 0.15) is 6.10 Å². The Labute approximate surface area is 114 Å². The highest BCUT2D eigenvalue weighted by molar-refractivity contribution is 5.90. The summed E-state index contributed by atoms with van der Waals surface area (Å²) in [7, 11) is 3.90. The molecular weight excluding hydrogens is 242 g/mol. The van der Waals surface area contributed by atoms with E-state index in [1.54, 1.807) is 12.1 Å². The lowest BCUT2D eigenvalue weighted by Crippen LogP contribution is -2.34. The van der Waals surface area contributed by atoms with Gasteiger partial charge in [-0.15, -0.1) is 0 Å². The highest BCUT2D eigenvalue weighted by Crippen LogP contribution is 2.22. The molecule has 0 aromatic heterocycles. The van der Waals surface area contributed by atoms with Crippen molar-refractivity contribution in [1.29, 1.82) is 0 Å². The summed E-state index contributed by atoms with van der Waals surface area (Å²) >= 11 is 0. The van der Waals surface area contributed by atoms with E-state index in [9.17, 15) is 9.90 Å². The highest BCUT2D eigenvalue weighted by Gasteiger charge is 2.26. The largest absolute Gasteiger partial charge is 0.456 e. The van der Waals surface area contributed by atoms with Gasteiger partial charge in [0.25, 0.3) is 0 Å². The summed E-state index contributed by atoms with van der Waals surface area (Å²) in [5, 5.41) is 9.80. The van der Waals surface area contributed by atoms with E-state index >= 15 is 0 Å². The summed E-state index contributed by atoms with van der Waals surface area (Å²) in [6, 6.07) is 7.28. The van der Waals surface area contributed by atoms with Crippen LogP contribution in [-0.2, 0) is 4.74 Å². The fraction of sp³-hybridized carbons (Fsp3) is 0.533. The zero-order valence-electron chi connectivity index (χ0n) is 11.5. The van der Waals surface area contributed by atoms with Gasteiger partial charge in [0.05, 0.1) is 11.7 Å². The first-order valence-electron chi connectivity index (χ1n) is 6.74. The van der Waals surface area contributed by atoms with E-state index in [0.717, 1.165) is 31.4 Å². The van der Waals surface area contributed by atoms with E-state index in [-0.39, 0.29) is 12.1 Å². The van der Waals surface area contributed by atoms with Crippen LogP contribution in [0.1, 0.15) is 36.0 Å². The number of aliphatic hydroxyl groups excluding tert-OH is 1. The van der Waals surface area contributed by atoms with E-state index in [1.807, 2.05) is 31.1 Å². The van der Waals surface area contributed by atoms with E-state index in [1.165, 1.54) is 0 Å². The van der Waals surface area contributed by atoms with E-state index < -0.39 is 6.10 Å². The number of anilines is 1. The first-order chi connectivity index (χ1) is 9.08. The third-order valence-corrected chi connectivity index (χ3v) is 3.55. The molecule has 0 spiro atoms. The molecule has 0 bridgehead atoms. The first-order valence-corrected chi connectivity index (χ1v) is 6.74. The lowest BCUT2D eigenvalue weighted by Gasteiger charge is -2.27. The second-order valence-electron chi connectivity index (χ2n) is 5.24.